The van der Waals surface area contributed by atoms with Crippen molar-refractivity contribution in [2.24, 2.45) is 0 Å². The van der Waals surface area contributed by atoms with Gasteiger partial charge in [0.15, 0.2) is 0 Å². The lowest BCUT2D eigenvalue weighted by atomic mass is 9.99. The van der Waals surface area contributed by atoms with Crippen LogP contribution in [0.5, 0.6) is 0 Å². The Hall–Kier alpha value is -3.27. The quantitative estimate of drug-likeness (QED) is 0.389. The number of anilines is 3. The summed E-state index contributed by atoms with van der Waals surface area (Å²) in [6, 6.07) is 18.1. The van der Waals surface area contributed by atoms with Crippen molar-refractivity contribution < 1.29 is 4.74 Å². The van der Waals surface area contributed by atoms with E-state index in [4.69, 9.17) is 9.72 Å². The molecule has 0 aliphatic carbocycles. The van der Waals surface area contributed by atoms with Crippen LogP contribution in [0, 0.1) is 0 Å². The summed E-state index contributed by atoms with van der Waals surface area (Å²) in [5.41, 5.74) is 4.85. The Labute approximate surface area is 217 Å². The number of hydrogen-bond donors (Lipinski definition) is 2. The number of halogens is 1. The fraction of sp³-hybridized carbons (Fsp3) is 0.296. The molecule has 1 saturated heterocycles. The molecule has 4 aromatic rings. The van der Waals surface area contributed by atoms with Crippen molar-refractivity contribution in [3.63, 3.8) is 0 Å². The summed E-state index contributed by atoms with van der Waals surface area (Å²) in [6.07, 6.45) is 2.59. The topological polar surface area (TPSA) is 84.3 Å². The minimum Gasteiger partial charge on any atom is -0.383 e. The second-order valence-corrected chi connectivity index (χ2v) is 10.3. The maximum absolute atomic E-state index is 13.3. The fourth-order valence-corrected chi connectivity index (χ4v) is 5.42. The first-order valence-electron chi connectivity index (χ1n) is 12.1. The summed E-state index contributed by atoms with van der Waals surface area (Å²) in [6.45, 7) is 3.23. The van der Waals surface area contributed by atoms with Gasteiger partial charge in [0.1, 0.15) is 5.65 Å². The number of benzene rings is 2. The molecule has 2 aromatic heterocycles. The van der Waals surface area contributed by atoms with Gasteiger partial charge < -0.3 is 20.3 Å². The Morgan fingerprint density at radius 1 is 1.17 bits per heavy atom. The molecule has 9 heteroatoms. The van der Waals surface area contributed by atoms with Gasteiger partial charge in [0.25, 0.3) is 5.56 Å². The molecule has 2 aromatic carbocycles. The number of nitrogens with one attached hydrogen (secondary N) is 2. The molecule has 0 radical (unpaired) electrons. The second-order valence-electron chi connectivity index (χ2n) is 9.40. The van der Waals surface area contributed by atoms with Crippen molar-refractivity contribution >= 4 is 44.3 Å². The van der Waals surface area contributed by atoms with Crippen molar-refractivity contribution in [3.8, 4) is 0 Å². The third kappa shape index (κ3) is 4.50. The molecule has 8 nitrogen and oxygen atoms in total. The van der Waals surface area contributed by atoms with E-state index < -0.39 is 0 Å². The fourth-order valence-electron chi connectivity index (χ4n) is 4.98. The van der Waals surface area contributed by atoms with Gasteiger partial charge in [-0.2, -0.15) is 4.98 Å². The molecule has 0 saturated carbocycles. The molecular formula is C27H27BrN6O2. The number of fused-ring (bicyclic) bond motifs is 2. The lowest BCUT2D eigenvalue weighted by Gasteiger charge is -2.30. The van der Waals surface area contributed by atoms with Gasteiger partial charge in [-0.15, -0.1) is 0 Å². The van der Waals surface area contributed by atoms with Crippen LogP contribution in [0.15, 0.2) is 70.1 Å². The zero-order valence-electron chi connectivity index (χ0n) is 19.9. The Bertz CT molecular complexity index is 1470. The highest BCUT2D eigenvalue weighted by Gasteiger charge is 2.24. The van der Waals surface area contributed by atoms with Crippen LogP contribution in [0.2, 0.25) is 0 Å². The number of hydrogen-bond acceptors (Lipinski definition) is 7. The average Bonchev–Trinajstić information content (AvgIpc) is 2.90. The Balaban J connectivity index is 1.30. The van der Waals surface area contributed by atoms with Crippen LogP contribution < -0.4 is 16.2 Å². The lowest BCUT2D eigenvalue weighted by molar-refractivity contribution is -0.0208. The van der Waals surface area contributed by atoms with Gasteiger partial charge in [0.2, 0.25) is 5.95 Å². The van der Waals surface area contributed by atoms with E-state index in [0.717, 1.165) is 48.4 Å². The number of aromatic nitrogens is 3. The van der Waals surface area contributed by atoms with Crippen molar-refractivity contribution in [2.75, 3.05) is 43.9 Å². The molecule has 6 rings (SSSR count). The monoisotopic (exact) mass is 546 g/mol. The molecule has 2 N–H and O–H groups in total. The van der Waals surface area contributed by atoms with Crippen molar-refractivity contribution in [1.82, 2.24) is 19.4 Å². The number of pyridine rings is 1. The van der Waals surface area contributed by atoms with Crippen molar-refractivity contribution in [3.05, 3.63) is 86.7 Å². The van der Waals surface area contributed by atoms with E-state index in [9.17, 15) is 4.79 Å². The summed E-state index contributed by atoms with van der Waals surface area (Å²) >= 11 is 3.44. The molecule has 0 spiro atoms. The normalized spacial score (nSPS) is 20.1. The highest BCUT2D eigenvalue weighted by molar-refractivity contribution is 9.10. The average molecular weight is 547 g/mol. The summed E-state index contributed by atoms with van der Waals surface area (Å²) in [4.78, 5) is 24.8. The molecule has 1 fully saturated rings. The zero-order chi connectivity index (χ0) is 24.6. The predicted molar refractivity (Wildman–Crippen MR) is 145 cm³/mol. The van der Waals surface area contributed by atoms with Gasteiger partial charge in [-0.1, -0.05) is 30.3 Å². The van der Waals surface area contributed by atoms with E-state index in [0.29, 0.717) is 22.6 Å². The van der Waals surface area contributed by atoms with Crippen molar-refractivity contribution in [2.45, 2.75) is 18.6 Å². The molecule has 184 valence electrons. The van der Waals surface area contributed by atoms with E-state index in [1.165, 1.54) is 5.56 Å². The maximum Gasteiger partial charge on any atom is 0.266 e. The van der Waals surface area contributed by atoms with Gasteiger partial charge in [-0.05, 0) is 64.8 Å². The zero-order valence-corrected chi connectivity index (χ0v) is 21.5. The van der Waals surface area contributed by atoms with Gasteiger partial charge in [-0.25, -0.2) is 4.98 Å². The largest absolute Gasteiger partial charge is 0.383 e. The molecule has 0 amide bonds. The molecular weight excluding hydrogens is 520 g/mol. The Kier molecular flexibility index (Phi) is 6.20. The number of rotatable bonds is 4. The van der Waals surface area contributed by atoms with E-state index in [-0.39, 0.29) is 17.7 Å². The second kappa shape index (κ2) is 9.65. The highest BCUT2D eigenvalue weighted by atomic mass is 79.9. The molecule has 2 atom stereocenters. The van der Waals surface area contributed by atoms with Crippen LogP contribution in [0.25, 0.3) is 11.0 Å². The summed E-state index contributed by atoms with van der Waals surface area (Å²) in [5, 5.41) is 7.57. The van der Waals surface area contributed by atoms with Crippen LogP contribution >= 0.6 is 15.9 Å². The Morgan fingerprint density at radius 2 is 2.00 bits per heavy atom. The van der Waals surface area contributed by atoms with Gasteiger partial charge in [0, 0.05) is 42.6 Å². The minimum absolute atomic E-state index is 0.0666. The van der Waals surface area contributed by atoms with Crippen LogP contribution in [-0.2, 0) is 11.2 Å². The maximum atomic E-state index is 13.3. The highest BCUT2D eigenvalue weighted by Crippen LogP contribution is 2.29. The number of morpholine rings is 1. The van der Waals surface area contributed by atoms with Crippen LogP contribution in [0.3, 0.4) is 0 Å². The number of likely N-dealkylation sites (N-methyl/N-ethyl adjacent to an activating group) is 1. The SMILES string of the molecule is CN1CCOC(c2ccc(Nc3ncc4cc(Br)c(=O)n(C5CNc6ccccc6C5)c4n3)cc2)C1. The van der Waals surface area contributed by atoms with E-state index in [2.05, 4.69) is 67.8 Å². The summed E-state index contributed by atoms with van der Waals surface area (Å²) in [5.74, 6) is 0.448. The Morgan fingerprint density at radius 3 is 2.83 bits per heavy atom. The van der Waals surface area contributed by atoms with Crippen molar-refractivity contribution in [1.29, 1.82) is 0 Å². The van der Waals surface area contributed by atoms with E-state index >= 15 is 0 Å². The number of para-hydroxylation sites is 1. The molecule has 4 heterocycles. The standard InChI is InChI=1S/C27H27BrN6O2/c1-33-10-11-36-24(16-33)17-6-8-20(9-7-17)31-27-30-14-19-13-22(28)26(35)34(25(19)32-27)21-12-18-4-2-3-5-23(18)29-15-21/h2-9,13-14,21,24,29H,10-12,15-16H2,1H3,(H,30,31,32). The van der Waals surface area contributed by atoms with Gasteiger partial charge in [0.05, 0.1) is 23.2 Å². The first kappa shape index (κ1) is 23.1. The smallest absolute Gasteiger partial charge is 0.266 e. The molecule has 2 unspecified atom stereocenters. The van der Waals surface area contributed by atoms with Gasteiger partial charge in [-0.3, -0.25) is 9.36 Å². The van der Waals surface area contributed by atoms with Crippen LogP contribution in [-0.4, -0.2) is 52.7 Å². The number of nitrogens with zero attached hydrogens (tertiary/aromatic N) is 4. The van der Waals surface area contributed by atoms with E-state index in [1.807, 2.05) is 24.3 Å². The third-order valence-corrected chi connectivity index (χ3v) is 7.47. The third-order valence-electron chi connectivity index (χ3n) is 6.90. The van der Waals surface area contributed by atoms with E-state index in [1.54, 1.807) is 16.8 Å². The molecule has 2 aliphatic heterocycles. The van der Waals surface area contributed by atoms with Crippen LogP contribution in [0.4, 0.5) is 17.3 Å². The first-order valence-corrected chi connectivity index (χ1v) is 12.9. The summed E-state index contributed by atoms with van der Waals surface area (Å²) in [7, 11) is 2.11. The van der Waals surface area contributed by atoms with Gasteiger partial charge >= 0.3 is 0 Å². The first-order chi connectivity index (χ1) is 17.5. The molecule has 36 heavy (non-hydrogen) atoms. The molecule has 0 bridgehead atoms. The number of ether oxygens (including phenoxy) is 1. The van der Waals surface area contributed by atoms with Crippen LogP contribution in [0.1, 0.15) is 23.3 Å². The predicted octanol–water partition coefficient (Wildman–Crippen LogP) is 4.51. The minimum atomic E-state index is -0.0971. The lowest BCUT2D eigenvalue weighted by Crippen LogP contribution is -2.35. The molecule has 2 aliphatic rings. The summed E-state index contributed by atoms with van der Waals surface area (Å²) < 4.78 is 8.22.